The number of hydrogen-bond donors (Lipinski definition) is 2. The van der Waals surface area contributed by atoms with E-state index in [1.54, 1.807) is 0 Å². The van der Waals surface area contributed by atoms with Crippen molar-refractivity contribution < 1.29 is 13.2 Å². The van der Waals surface area contributed by atoms with E-state index in [1.165, 1.54) is 0 Å². The summed E-state index contributed by atoms with van der Waals surface area (Å²) in [5.41, 5.74) is 0.142. The van der Waals surface area contributed by atoms with Crippen LogP contribution in [0.25, 0.3) is 0 Å². The molecule has 7 nitrogen and oxygen atoms in total. The van der Waals surface area contributed by atoms with Crippen LogP contribution in [0.5, 0.6) is 0 Å². The Kier molecular flexibility index (Phi) is 2.77. The second-order valence-electron chi connectivity index (χ2n) is 8.26. The summed E-state index contributed by atoms with van der Waals surface area (Å²) in [4.78, 5) is 16.7. The molecule has 0 aromatic heterocycles. The maximum atomic E-state index is 12.6. The van der Waals surface area contributed by atoms with Crippen LogP contribution in [-0.2, 0) is 10.0 Å². The molecule has 2 saturated heterocycles. The van der Waals surface area contributed by atoms with Gasteiger partial charge in [-0.25, -0.2) is 17.9 Å². The van der Waals surface area contributed by atoms with Gasteiger partial charge in [0.1, 0.15) is 0 Å². The first-order valence-corrected chi connectivity index (χ1v) is 10.3. The van der Waals surface area contributed by atoms with E-state index in [-0.39, 0.29) is 22.2 Å². The maximum Gasteiger partial charge on any atom is 0.320 e. The number of nitrogens with zero attached hydrogens (tertiary/aromatic N) is 2. The van der Waals surface area contributed by atoms with Gasteiger partial charge in [-0.3, -0.25) is 0 Å². The van der Waals surface area contributed by atoms with Crippen LogP contribution < -0.4 is 10.0 Å². The van der Waals surface area contributed by atoms with E-state index >= 15 is 0 Å². The number of hydrogen-bond acceptors (Lipinski definition) is 4. The lowest BCUT2D eigenvalue weighted by Gasteiger charge is -2.73. The van der Waals surface area contributed by atoms with Gasteiger partial charge in [-0.15, -0.1) is 0 Å². The van der Waals surface area contributed by atoms with E-state index in [4.69, 9.17) is 0 Å². The molecule has 1 atom stereocenters. The molecule has 6 aliphatic rings. The summed E-state index contributed by atoms with van der Waals surface area (Å²) in [5, 5.41) is 3.22. The van der Waals surface area contributed by atoms with Gasteiger partial charge in [0.15, 0.2) is 0 Å². The first-order chi connectivity index (χ1) is 10.9. The van der Waals surface area contributed by atoms with E-state index < -0.39 is 10.0 Å². The van der Waals surface area contributed by atoms with E-state index in [1.807, 2.05) is 4.90 Å². The zero-order chi connectivity index (χ0) is 15.9. The van der Waals surface area contributed by atoms with Crippen LogP contribution in [0.2, 0.25) is 0 Å². The lowest BCUT2D eigenvalue weighted by atomic mass is 9.39. The molecular weight excluding hydrogens is 316 g/mol. The Balaban J connectivity index is 1.21. The van der Waals surface area contributed by atoms with Crippen LogP contribution in [0.15, 0.2) is 0 Å². The van der Waals surface area contributed by atoms with E-state index in [0.717, 1.165) is 58.3 Å². The molecule has 128 valence electrons. The van der Waals surface area contributed by atoms with Crippen LogP contribution in [0.1, 0.15) is 32.1 Å². The fourth-order valence-electron chi connectivity index (χ4n) is 5.18. The van der Waals surface area contributed by atoms with Crippen molar-refractivity contribution in [3.05, 3.63) is 0 Å². The average Bonchev–Trinajstić information content (AvgIpc) is 3.24. The number of carbonyl (C=O) groups is 1. The molecule has 6 rings (SSSR count). The van der Waals surface area contributed by atoms with E-state index in [0.29, 0.717) is 12.6 Å². The maximum absolute atomic E-state index is 12.6. The van der Waals surface area contributed by atoms with Crippen molar-refractivity contribution in [1.29, 1.82) is 0 Å². The molecule has 2 heterocycles. The van der Waals surface area contributed by atoms with E-state index in [2.05, 4.69) is 14.9 Å². The summed E-state index contributed by atoms with van der Waals surface area (Å²) >= 11 is 0. The van der Waals surface area contributed by atoms with Crippen molar-refractivity contribution >= 4 is 16.1 Å². The molecule has 1 unspecified atom stereocenters. The van der Waals surface area contributed by atoms with Crippen molar-refractivity contribution in [3.8, 4) is 0 Å². The summed E-state index contributed by atoms with van der Waals surface area (Å²) in [6.07, 6.45) is 4.51. The van der Waals surface area contributed by atoms with Crippen molar-refractivity contribution in [2.45, 2.75) is 48.9 Å². The number of rotatable bonds is 5. The van der Waals surface area contributed by atoms with Crippen LogP contribution in [-0.4, -0.2) is 73.8 Å². The van der Waals surface area contributed by atoms with Crippen molar-refractivity contribution in [1.82, 2.24) is 19.8 Å². The SMILES string of the molecule is O=C1N2CCNCC2CN1C12CC(CNS(=O)(=O)C3CC3)(C1)C2. The standard InChI is InChI=1S/C15H24N4O3S/c20-13-18-4-3-16-5-11(18)6-19(13)15-7-14(8-15,9-15)10-17-23(21,22)12-1-2-12/h11-12,16-17H,1-10H2. The number of piperazine rings is 1. The third-order valence-corrected chi connectivity index (χ3v) is 8.41. The zero-order valence-corrected chi connectivity index (χ0v) is 14.1. The van der Waals surface area contributed by atoms with Gasteiger partial charge in [0, 0.05) is 38.3 Å². The second kappa shape index (κ2) is 4.40. The second-order valence-corrected chi connectivity index (χ2v) is 10.3. The Morgan fingerprint density at radius 2 is 2.00 bits per heavy atom. The van der Waals surface area contributed by atoms with Gasteiger partial charge in [0.2, 0.25) is 10.0 Å². The Hall–Kier alpha value is -0.860. The Bertz CT molecular complexity index is 640. The zero-order valence-electron chi connectivity index (χ0n) is 13.3. The Morgan fingerprint density at radius 1 is 1.26 bits per heavy atom. The van der Waals surface area contributed by atoms with Gasteiger partial charge in [-0.1, -0.05) is 0 Å². The van der Waals surface area contributed by atoms with Crippen LogP contribution in [0.4, 0.5) is 4.79 Å². The van der Waals surface area contributed by atoms with Gasteiger partial charge in [0.25, 0.3) is 0 Å². The first kappa shape index (κ1) is 14.5. The fourth-order valence-corrected chi connectivity index (χ4v) is 6.68. The number of amides is 2. The summed E-state index contributed by atoms with van der Waals surface area (Å²) in [5.74, 6) is 0. The number of nitrogens with one attached hydrogen (secondary N) is 2. The number of urea groups is 1. The van der Waals surface area contributed by atoms with Gasteiger partial charge < -0.3 is 15.1 Å². The lowest BCUT2D eigenvalue weighted by molar-refractivity contribution is -0.194. The molecular formula is C15H24N4O3S. The van der Waals surface area contributed by atoms with Crippen molar-refractivity contribution in [3.63, 3.8) is 0 Å². The van der Waals surface area contributed by atoms with Crippen LogP contribution in [0.3, 0.4) is 0 Å². The topological polar surface area (TPSA) is 81.8 Å². The van der Waals surface area contributed by atoms with Crippen LogP contribution >= 0.6 is 0 Å². The molecule has 6 fully saturated rings. The predicted octanol–water partition coefficient (Wildman–Crippen LogP) is -0.300. The highest BCUT2D eigenvalue weighted by Crippen LogP contribution is 2.70. The Labute approximate surface area is 136 Å². The molecule has 2 amide bonds. The minimum atomic E-state index is -3.09. The summed E-state index contributed by atoms with van der Waals surface area (Å²) < 4.78 is 26.8. The molecule has 0 spiro atoms. The number of fused-ring (bicyclic) bond motifs is 1. The molecule has 2 aliphatic heterocycles. The molecule has 4 saturated carbocycles. The lowest BCUT2D eigenvalue weighted by Crippen LogP contribution is -2.77. The van der Waals surface area contributed by atoms with Crippen molar-refractivity contribution in [2.24, 2.45) is 5.41 Å². The molecule has 2 bridgehead atoms. The van der Waals surface area contributed by atoms with Crippen LogP contribution in [0, 0.1) is 5.41 Å². The monoisotopic (exact) mass is 340 g/mol. The molecule has 0 aromatic carbocycles. The number of carbonyl (C=O) groups excluding carboxylic acids is 1. The minimum absolute atomic E-state index is 0.0272. The molecule has 4 aliphatic carbocycles. The minimum Gasteiger partial charge on any atom is -0.317 e. The molecule has 23 heavy (non-hydrogen) atoms. The molecule has 0 radical (unpaired) electrons. The van der Waals surface area contributed by atoms with Gasteiger partial charge in [-0.2, -0.15) is 0 Å². The quantitative estimate of drug-likeness (QED) is 0.720. The molecule has 0 aromatic rings. The predicted molar refractivity (Wildman–Crippen MR) is 84.4 cm³/mol. The third-order valence-electron chi connectivity index (χ3n) is 6.52. The first-order valence-electron chi connectivity index (χ1n) is 8.71. The molecule has 2 N–H and O–H groups in total. The van der Waals surface area contributed by atoms with Crippen molar-refractivity contribution in [2.75, 3.05) is 32.7 Å². The smallest absolute Gasteiger partial charge is 0.317 e. The van der Waals surface area contributed by atoms with Gasteiger partial charge in [-0.05, 0) is 37.5 Å². The highest BCUT2D eigenvalue weighted by molar-refractivity contribution is 7.90. The normalized spacial score (nSPS) is 42.3. The Morgan fingerprint density at radius 3 is 2.65 bits per heavy atom. The summed E-state index contributed by atoms with van der Waals surface area (Å²) in [7, 11) is -3.09. The van der Waals surface area contributed by atoms with Gasteiger partial charge in [0.05, 0.1) is 11.3 Å². The van der Waals surface area contributed by atoms with Gasteiger partial charge >= 0.3 is 6.03 Å². The fraction of sp³-hybridized carbons (Fsp3) is 0.933. The highest BCUT2D eigenvalue weighted by atomic mass is 32.2. The highest BCUT2D eigenvalue weighted by Gasteiger charge is 2.72. The summed E-state index contributed by atoms with van der Waals surface area (Å²) in [6, 6.07) is 0.512. The average molecular weight is 340 g/mol. The third kappa shape index (κ3) is 2.01. The van der Waals surface area contributed by atoms with E-state index in [9.17, 15) is 13.2 Å². The summed E-state index contributed by atoms with van der Waals surface area (Å²) in [6.45, 7) is 3.98. The number of sulfonamides is 1. The molecule has 8 heteroatoms. The largest absolute Gasteiger partial charge is 0.320 e.